The molecule has 1 aromatic carbocycles. The Morgan fingerprint density at radius 1 is 1.57 bits per heavy atom. The van der Waals surface area contributed by atoms with Crippen LogP contribution in [0.1, 0.15) is 5.01 Å². The molecule has 0 amide bonds. The zero-order chi connectivity index (χ0) is 10.1. The number of fused-ring (bicyclic) bond motifs is 1. The normalized spacial score (nSPS) is 13.3. The van der Waals surface area contributed by atoms with Crippen LogP contribution in [0.3, 0.4) is 0 Å². The first-order chi connectivity index (χ1) is 6.66. The lowest BCUT2D eigenvalue weighted by atomic mass is 10.3. The Morgan fingerprint density at radius 3 is 3.00 bits per heavy atom. The molecule has 0 saturated heterocycles. The molecule has 1 aromatic heterocycles. The van der Waals surface area contributed by atoms with E-state index in [2.05, 4.69) is 4.98 Å². The molecule has 2 aromatic rings. The van der Waals surface area contributed by atoms with Crippen molar-refractivity contribution in [1.29, 1.82) is 0 Å². The first kappa shape index (κ1) is 9.70. The molecule has 14 heavy (non-hydrogen) atoms. The van der Waals surface area contributed by atoms with E-state index in [-0.39, 0.29) is 11.6 Å². The van der Waals surface area contributed by atoms with Gasteiger partial charge in [0.1, 0.15) is 16.6 Å². The molecule has 0 bridgehead atoms. The predicted molar refractivity (Wildman–Crippen MR) is 54.1 cm³/mol. The molecule has 0 aliphatic heterocycles. The molecule has 1 heterocycles. The summed E-state index contributed by atoms with van der Waals surface area (Å²) in [4.78, 5) is 4.04. The van der Waals surface area contributed by atoms with Gasteiger partial charge in [-0.15, -0.1) is 11.3 Å². The van der Waals surface area contributed by atoms with Crippen molar-refractivity contribution in [2.45, 2.75) is 5.75 Å². The van der Waals surface area contributed by atoms with E-state index < -0.39 is 11.1 Å². The van der Waals surface area contributed by atoms with Crippen LogP contribution in [0.4, 0.5) is 4.39 Å². The van der Waals surface area contributed by atoms with Crippen molar-refractivity contribution in [1.82, 2.24) is 4.98 Å². The van der Waals surface area contributed by atoms with Gasteiger partial charge in [-0.05, 0) is 12.1 Å². The number of rotatable bonds is 2. The molecule has 1 atom stereocenters. The molecule has 0 aliphatic carbocycles. The predicted octanol–water partition coefficient (Wildman–Crippen LogP) is 2.16. The highest BCUT2D eigenvalue weighted by Gasteiger charge is 2.08. The van der Waals surface area contributed by atoms with Crippen molar-refractivity contribution in [3.8, 4) is 0 Å². The summed E-state index contributed by atoms with van der Waals surface area (Å²) in [6.07, 6.45) is 0. The summed E-state index contributed by atoms with van der Waals surface area (Å²) < 4.78 is 32.8. The maximum Gasteiger partial charge on any atom is 0.159 e. The van der Waals surface area contributed by atoms with Gasteiger partial charge in [-0.2, -0.15) is 0 Å². The van der Waals surface area contributed by atoms with Crippen LogP contribution in [-0.4, -0.2) is 13.7 Å². The molecule has 6 heteroatoms. The van der Waals surface area contributed by atoms with Gasteiger partial charge in [0.25, 0.3) is 0 Å². The Hall–Kier alpha value is -0.850. The molecular formula is C8H6FNO2S2. The van der Waals surface area contributed by atoms with Crippen molar-refractivity contribution < 1.29 is 13.2 Å². The van der Waals surface area contributed by atoms with Gasteiger partial charge in [-0.3, -0.25) is 0 Å². The Morgan fingerprint density at radius 2 is 2.36 bits per heavy atom. The number of aromatic nitrogens is 1. The molecule has 3 nitrogen and oxygen atoms in total. The van der Waals surface area contributed by atoms with Gasteiger partial charge in [0.15, 0.2) is 11.1 Å². The number of thiazole rings is 1. The molecule has 0 spiro atoms. The molecule has 0 aliphatic rings. The van der Waals surface area contributed by atoms with Crippen molar-refractivity contribution in [3.05, 3.63) is 29.0 Å². The van der Waals surface area contributed by atoms with Gasteiger partial charge in [0.05, 0.1) is 10.2 Å². The number of hydrogen-bond donors (Lipinski definition) is 1. The number of nitrogens with zero attached hydrogens (tertiary/aromatic N) is 1. The fourth-order valence-electron chi connectivity index (χ4n) is 1.13. The minimum atomic E-state index is -1.92. The van der Waals surface area contributed by atoms with Crippen LogP contribution in [0.15, 0.2) is 18.2 Å². The van der Waals surface area contributed by atoms with Gasteiger partial charge in [-0.1, -0.05) is 6.07 Å². The van der Waals surface area contributed by atoms with Crippen LogP contribution in [0.25, 0.3) is 10.2 Å². The zero-order valence-corrected chi connectivity index (χ0v) is 8.57. The zero-order valence-electron chi connectivity index (χ0n) is 6.94. The number of halogens is 1. The summed E-state index contributed by atoms with van der Waals surface area (Å²) in [6.45, 7) is 0. The van der Waals surface area contributed by atoms with Crippen molar-refractivity contribution >= 4 is 32.6 Å². The van der Waals surface area contributed by atoms with Gasteiger partial charge in [0, 0.05) is 0 Å². The highest BCUT2D eigenvalue weighted by atomic mass is 32.2. The Balaban J connectivity index is 2.51. The Bertz CT molecular complexity index is 497. The fraction of sp³-hybridized carbons (Fsp3) is 0.125. The first-order valence-electron chi connectivity index (χ1n) is 3.78. The van der Waals surface area contributed by atoms with E-state index in [1.807, 2.05) is 0 Å². The second-order valence-corrected chi connectivity index (χ2v) is 4.68. The minimum Gasteiger partial charge on any atom is -0.306 e. The summed E-state index contributed by atoms with van der Waals surface area (Å²) in [7, 11) is 0. The smallest absolute Gasteiger partial charge is 0.159 e. The summed E-state index contributed by atoms with van der Waals surface area (Å²) in [5.74, 6) is -0.381. The van der Waals surface area contributed by atoms with Gasteiger partial charge in [0.2, 0.25) is 0 Å². The lowest BCUT2D eigenvalue weighted by Gasteiger charge is -1.86. The fourth-order valence-corrected chi connectivity index (χ4v) is 2.71. The van der Waals surface area contributed by atoms with Crippen LogP contribution in [0.5, 0.6) is 0 Å². The summed E-state index contributed by atoms with van der Waals surface area (Å²) in [5, 5.41) is 0.478. The summed E-state index contributed by atoms with van der Waals surface area (Å²) in [6, 6.07) is 4.59. The van der Waals surface area contributed by atoms with Crippen LogP contribution < -0.4 is 0 Å². The van der Waals surface area contributed by atoms with E-state index >= 15 is 0 Å². The van der Waals surface area contributed by atoms with E-state index in [1.54, 1.807) is 12.1 Å². The summed E-state index contributed by atoms with van der Waals surface area (Å²) >= 11 is -0.811. The minimum absolute atomic E-state index is 0.0429. The van der Waals surface area contributed by atoms with Crippen LogP contribution >= 0.6 is 11.3 Å². The summed E-state index contributed by atoms with van der Waals surface area (Å²) in [5.41, 5.74) is 0.537. The molecule has 0 saturated carbocycles. The molecule has 2 rings (SSSR count). The SMILES string of the molecule is O=S(O)Cc1nc2cccc(F)c2s1. The lowest BCUT2D eigenvalue weighted by molar-refractivity contribution is 0.563. The highest BCUT2D eigenvalue weighted by Crippen LogP contribution is 2.25. The first-order valence-corrected chi connectivity index (χ1v) is 5.87. The second-order valence-electron chi connectivity index (χ2n) is 2.66. The number of benzene rings is 1. The van der Waals surface area contributed by atoms with Crippen molar-refractivity contribution in [3.63, 3.8) is 0 Å². The highest BCUT2D eigenvalue weighted by molar-refractivity contribution is 7.78. The molecule has 1 unspecified atom stereocenters. The topological polar surface area (TPSA) is 50.2 Å². The van der Waals surface area contributed by atoms with Crippen molar-refractivity contribution in [2.24, 2.45) is 0 Å². The average molecular weight is 231 g/mol. The maximum atomic E-state index is 13.2. The molecule has 74 valence electrons. The lowest BCUT2D eigenvalue weighted by Crippen LogP contribution is -1.90. The van der Waals surface area contributed by atoms with Gasteiger partial charge in [-0.25, -0.2) is 13.6 Å². The third kappa shape index (κ3) is 1.82. The van der Waals surface area contributed by atoms with Crippen molar-refractivity contribution in [2.75, 3.05) is 0 Å². The Labute approximate surface area is 85.9 Å². The average Bonchev–Trinajstić information content (AvgIpc) is 2.47. The molecule has 1 N–H and O–H groups in total. The van der Waals surface area contributed by atoms with E-state index in [0.717, 1.165) is 11.3 Å². The van der Waals surface area contributed by atoms with E-state index in [9.17, 15) is 8.60 Å². The third-order valence-electron chi connectivity index (χ3n) is 1.66. The van der Waals surface area contributed by atoms with Gasteiger partial charge < -0.3 is 4.55 Å². The van der Waals surface area contributed by atoms with Crippen LogP contribution in [-0.2, 0) is 16.8 Å². The van der Waals surface area contributed by atoms with E-state index in [4.69, 9.17) is 4.55 Å². The van der Waals surface area contributed by atoms with Crippen LogP contribution in [0, 0.1) is 5.82 Å². The molecular weight excluding hydrogens is 225 g/mol. The number of hydrogen-bond acceptors (Lipinski definition) is 3. The monoisotopic (exact) mass is 231 g/mol. The Kier molecular flexibility index (Phi) is 2.58. The quantitative estimate of drug-likeness (QED) is 0.806. The van der Waals surface area contributed by atoms with Gasteiger partial charge >= 0.3 is 0 Å². The largest absolute Gasteiger partial charge is 0.306 e. The van der Waals surface area contributed by atoms with E-state index in [0.29, 0.717) is 15.2 Å². The molecule has 0 radical (unpaired) electrons. The van der Waals surface area contributed by atoms with E-state index in [1.165, 1.54) is 6.07 Å². The second kappa shape index (κ2) is 3.72. The third-order valence-corrected chi connectivity index (χ3v) is 3.44. The molecule has 0 fully saturated rings. The standard InChI is InChI=1S/C8H6FNO2S2/c9-5-2-1-3-6-8(5)13-7(10-6)4-14(11)12/h1-3H,4H2,(H,11,12). The van der Waals surface area contributed by atoms with Crippen LogP contribution in [0.2, 0.25) is 0 Å². The maximum absolute atomic E-state index is 13.2.